The standard InChI is InChI=1S/C29H24F5N5O3S/c1-4-43(40,41)23-7-5-6-20(14-23)21-10-13-24(38-17-27(28(3,30)31)36-18(38)2)25(15-21)39-26(16-35-37-39)19-8-11-22(12-9-19)42-29(32,33)34/h5-17H,4H2,1-3H3. The summed E-state index contributed by atoms with van der Waals surface area (Å²) in [6.45, 7) is 3.85. The van der Waals surface area contributed by atoms with E-state index in [0.717, 1.165) is 19.1 Å². The van der Waals surface area contributed by atoms with E-state index >= 15 is 0 Å². The number of hydrogen-bond donors (Lipinski definition) is 0. The van der Waals surface area contributed by atoms with E-state index in [4.69, 9.17) is 0 Å². The van der Waals surface area contributed by atoms with E-state index in [9.17, 15) is 30.4 Å². The Morgan fingerprint density at radius 3 is 2.19 bits per heavy atom. The van der Waals surface area contributed by atoms with E-state index in [1.54, 1.807) is 44.2 Å². The van der Waals surface area contributed by atoms with Crippen LogP contribution in [0.1, 0.15) is 25.4 Å². The van der Waals surface area contributed by atoms with Crippen molar-refractivity contribution >= 4 is 9.84 Å². The molecule has 0 bridgehead atoms. The molecule has 224 valence electrons. The predicted molar refractivity (Wildman–Crippen MR) is 148 cm³/mol. The van der Waals surface area contributed by atoms with Gasteiger partial charge in [-0.05, 0) is 66.6 Å². The Kier molecular flexibility index (Phi) is 7.59. The maximum Gasteiger partial charge on any atom is 0.573 e. The molecule has 0 radical (unpaired) electrons. The normalized spacial score (nSPS) is 12.5. The number of aromatic nitrogens is 5. The van der Waals surface area contributed by atoms with Gasteiger partial charge in [0.2, 0.25) is 0 Å². The Morgan fingerprint density at radius 2 is 1.56 bits per heavy atom. The summed E-state index contributed by atoms with van der Waals surface area (Å²) in [6, 6.07) is 16.5. The van der Waals surface area contributed by atoms with Gasteiger partial charge in [-0.1, -0.05) is 30.3 Å². The van der Waals surface area contributed by atoms with Crippen LogP contribution in [-0.2, 0) is 15.8 Å². The number of imidazole rings is 1. The first kappa shape index (κ1) is 29.9. The van der Waals surface area contributed by atoms with E-state index in [1.807, 2.05) is 0 Å². The van der Waals surface area contributed by atoms with Crippen molar-refractivity contribution < 1.29 is 35.1 Å². The third-order valence-electron chi connectivity index (χ3n) is 6.63. The fourth-order valence-electron chi connectivity index (χ4n) is 4.48. The zero-order valence-corrected chi connectivity index (χ0v) is 23.8. The van der Waals surface area contributed by atoms with E-state index in [-0.39, 0.29) is 16.5 Å². The number of halogens is 5. The first-order valence-corrected chi connectivity index (χ1v) is 14.5. The lowest BCUT2D eigenvalue weighted by atomic mass is 10.0. The lowest BCUT2D eigenvalue weighted by Gasteiger charge is -2.16. The summed E-state index contributed by atoms with van der Waals surface area (Å²) in [7, 11) is -3.50. The van der Waals surface area contributed by atoms with Gasteiger partial charge in [-0.15, -0.1) is 18.3 Å². The zero-order chi connectivity index (χ0) is 31.2. The number of sulfone groups is 1. The minimum Gasteiger partial charge on any atom is -0.406 e. The van der Waals surface area contributed by atoms with E-state index < -0.39 is 33.6 Å². The number of alkyl halides is 5. The third kappa shape index (κ3) is 6.28. The topological polar surface area (TPSA) is 91.9 Å². The van der Waals surface area contributed by atoms with Crippen LogP contribution in [0.2, 0.25) is 0 Å². The highest BCUT2D eigenvalue weighted by molar-refractivity contribution is 7.91. The molecular formula is C29H24F5N5O3S. The summed E-state index contributed by atoms with van der Waals surface area (Å²) in [5.41, 5.74) is 2.27. The average Bonchev–Trinajstić information content (AvgIpc) is 3.59. The molecule has 43 heavy (non-hydrogen) atoms. The second-order valence-electron chi connectivity index (χ2n) is 9.67. The van der Waals surface area contributed by atoms with Crippen molar-refractivity contribution in [1.29, 1.82) is 0 Å². The first-order chi connectivity index (χ1) is 20.2. The number of nitrogens with zero attached hydrogens (tertiary/aromatic N) is 5. The molecule has 0 atom stereocenters. The molecule has 5 aromatic rings. The minimum absolute atomic E-state index is 0.0833. The Morgan fingerprint density at radius 1 is 0.884 bits per heavy atom. The summed E-state index contributed by atoms with van der Waals surface area (Å²) in [6.07, 6.45) is -2.25. The molecule has 0 aliphatic heterocycles. The second kappa shape index (κ2) is 10.9. The number of ether oxygens (including phenoxy) is 1. The molecule has 14 heteroatoms. The highest BCUT2D eigenvalue weighted by Gasteiger charge is 2.31. The monoisotopic (exact) mass is 617 g/mol. The van der Waals surface area contributed by atoms with Crippen LogP contribution in [-0.4, -0.2) is 45.1 Å². The van der Waals surface area contributed by atoms with E-state index in [2.05, 4.69) is 20.0 Å². The summed E-state index contributed by atoms with van der Waals surface area (Å²) in [5, 5.41) is 8.19. The molecule has 8 nitrogen and oxygen atoms in total. The van der Waals surface area contributed by atoms with Crippen LogP contribution in [0.5, 0.6) is 5.75 Å². The van der Waals surface area contributed by atoms with Crippen molar-refractivity contribution in [2.45, 2.75) is 38.0 Å². The number of aryl methyl sites for hydroxylation is 1. The molecule has 0 amide bonds. The Bertz CT molecular complexity index is 1890. The Balaban J connectivity index is 1.68. The smallest absolute Gasteiger partial charge is 0.406 e. The van der Waals surface area contributed by atoms with Crippen LogP contribution < -0.4 is 4.74 Å². The van der Waals surface area contributed by atoms with Crippen molar-refractivity contribution in [1.82, 2.24) is 24.5 Å². The minimum atomic E-state index is -4.86. The van der Waals surface area contributed by atoms with Gasteiger partial charge in [-0.25, -0.2) is 18.1 Å². The lowest BCUT2D eigenvalue weighted by molar-refractivity contribution is -0.274. The number of rotatable bonds is 8. The van der Waals surface area contributed by atoms with Crippen LogP contribution in [0.4, 0.5) is 22.0 Å². The summed E-state index contributed by atoms with van der Waals surface area (Å²) in [5.74, 6) is -3.45. The quantitative estimate of drug-likeness (QED) is 0.176. The van der Waals surface area contributed by atoms with Crippen LogP contribution >= 0.6 is 0 Å². The SMILES string of the molecule is CCS(=O)(=O)c1cccc(-c2ccc(-n3cc(C(C)(F)F)nc3C)c(-n3nncc3-c3ccc(OC(F)(F)F)cc3)c2)c1. The molecule has 0 unspecified atom stereocenters. The van der Waals surface area contributed by atoms with Crippen molar-refractivity contribution in [2.75, 3.05) is 5.75 Å². The molecule has 3 aromatic carbocycles. The van der Waals surface area contributed by atoms with Gasteiger partial charge >= 0.3 is 6.36 Å². The molecule has 5 rings (SSSR count). The summed E-state index contributed by atoms with van der Waals surface area (Å²) >= 11 is 0. The molecule has 0 saturated heterocycles. The van der Waals surface area contributed by atoms with Crippen molar-refractivity contribution in [2.24, 2.45) is 0 Å². The van der Waals surface area contributed by atoms with Crippen LogP contribution in [0.15, 0.2) is 84.0 Å². The van der Waals surface area contributed by atoms with Gasteiger partial charge in [0, 0.05) is 18.7 Å². The largest absolute Gasteiger partial charge is 0.573 e. The first-order valence-electron chi connectivity index (χ1n) is 12.9. The molecule has 0 fully saturated rings. The molecular weight excluding hydrogens is 593 g/mol. The highest BCUT2D eigenvalue weighted by atomic mass is 32.2. The molecule has 0 aliphatic carbocycles. The lowest BCUT2D eigenvalue weighted by Crippen LogP contribution is -2.16. The van der Waals surface area contributed by atoms with Crippen molar-refractivity contribution in [3.63, 3.8) is 0 Å². The van der Waals surface area contributed by atoms with Gasteiger partial charge in [-0.3, -0.25) is 0 Å². The zero-order valence-electron chi connectivity index (χ0n) is 23.0. The van der Waals surface area contributed by atoms with Gasteiger partial charge in [0.1, 0.15) is 17.3 Å². The molecule has 0 N–H and O–H groups in total. The Hall–Kier alpha value is -4.59. The van der Waals surface area contributed by atoms with Crippen molar-refractivity contribution in [3.05, 3.63) is 90.6 Å². The van der Waals surface area contributed by atoms with E-state index in [1.165, 1.54) is 45.9 Å². The van der Waals surface area contributed by atoms with Crippen LogP contribution in [0, 0.1) is 6.92 Å². The third-order valence-corrected chi connectivity index (χ3v) is 8.37. The fourth-order valence-corrected chi connectivity index (χ4v) is 5.40. The number of hydrogen-bond acceptors (Lipinski definition) is 6. The number of benzene rings is 3. The molecule has 0 saturated carbocycles. The molecule has 0 spiro atoms. The van der Waals surface area contributed by atoms with Gasteiger partial charge in [0.25, 0.3) is 5.92 Å². The van der Waals surface area contributed by atoms with Gasteiger partial charge in [0.15, 0.2) is 9.84 Å². The predicted octanol–water partition coefficient (Wildman–Crippen LogP) is 6.90. The van der Waals surface area contributed by atoms with Crippen LogP contribution in [0.3, 0.4) is 0 Å². The maximum atomic E-state index is 14.2. The molecule has 2 heterocycles. The highest BCUT2D eigenvalue weighted by Crippen LogP contribution is 2.34. The van der Waals surface area contributed by atoms with E-state index in [0.29, 0.717) is 33.8 Å². The Labute approximate surface area is 243 Å². The van der Waals surface area contributed by atoms with Crippen molar-refractivity contribution in [3.8, 4) is 39.5 Å². The molecule has 0 aliphatic rings. The fraction of sp³-hybridized carbons (Fsp3) is 0.207. The van der Waals surface area contributed by atoms with Crippen LogP contribution in [0.25, 0.3) is 33.8 Å². The summed E-state index contributed by atoms with van der Waals surface area (Å²) < 4.78 is 98.3. The molecule has 2 aromatic heterocycles. The van der Waals surface area contributed by atoms with Gasteiger partial charge in [-0.2, -0.15) is 8.78 Å². The summed E-state index contributed by atoms with van der Waals surface area (Å²) in [4.78, 5) is 4.16. The maximum absolute atomic E-state index is 14.2. The average molecular weight is 618 g/mol. The van der Waals surface area contributed by atoms with Gasteiger partial charge in [0.05, 0.1) is 33.9 Å². The second-order valence-corrected chi connectivity index (χ2v) is 11.9. The van der Waals surface area contributed by atoms with Gasteiger partial charge < -0.3 is 9.30 Å².